The summed E-state index contributed by atoms with van der Waals surface area (Å²) in [6.45, 7) is 7.22. The highest BCUT2D eigenvalue weighted by molar-refractivity contribution is 5.75. The third-order valence-electron chi connectivity index (χ3n) is 4.79. The van der Waals surface area contributed by atoms with Crippen LogP contribution in [0.5, 0.6) is 0 Å². The Morgan fingerprint density at radius 2 is 1.71 bits per heavy atom. The minimum absolute atomic E-state index is 0.132. The number of aliphatic carboxylic acids is 1. The lowest BCUT2D eigenvalue weighted by Crippen LogP contribution is -2.56. The van der Waals surface area contributed by atoms with E-state index in [0.717, 1.165) is 19.4 Å². The molecule has 0 saturated carbocycles. The fourth-order valence-corrected chi connectivity index (χ4v) is 3.20. The van der Waals surface area contributed by atoms with Gasteiger partial charge in [0.05, 0.1) is 0 Å². The average molecular weight is 297 g/mol. The van der Waals surface area contributed by atoms with Gasteiger partial charge in [0.25, 0.3) is 0 Å². The quantitative estimate of drug-likeness (QED) is 0.838. The molecule has 21 heavy (non-hydrogen) atoms. The van der Waals surface area contributed by atoms with Crippen molar-refractivity contribution in [1.82, 2.24) is 14.7 Å². The number of carboxylic acids is 1. The van der Waals surface area contributed by atoms with Crippen LogP contribution in [-0.2, 0) is 4.79 Å². The second kappa shape index (κ2) is 7.11. The van der Waals surface area contributed by atoms with Gasteiger partial charge in [0.15, 0.2) is 0 Å². The van der Waals surface area contributed by atoms with Crippen LogP contribution >= 0.6 is 0 Å². The summed E-state index contributed by atoms with van der Waals surface area (Å²) in [5.41, 5.74) is 0. The van der Waals surface area contributed by atoms with Gasteiger partial charge in [-0.1, -0.05) is 12.8 Å². The van der Waals surface area contributed by atoms with Gasteiger partial charge >= 0.3 is 12.0 Å². The van der Waals surface area contributed by atoms with Gasteiger partial charge in [-0.25, -0.2) is 4.79 Å². The molecule has 0 aromatic rings. The molecular weight excluding hydrogens is 270 g/mol. The molecule has 0 aromatic heterocycles. The number of nitrogens with zero attached hydrogens (tertiary/aromatic N) is 3. The van der Waals surface area contributed by atoms with E-state index >= 15 is 0 Å². The summed E-state index contributed by atoms with van der Waals surface area (Å²) in [5.74, 6) is -0.795. The highest BCUT2D eigenvalue weighted by Gasteiger charge is 2.31. The number of piperazine rings is 1. The lowest BCUT2D eigenvalue weighted by molar-refractivity contribution is -0.143. The average Bonchev–Trinajstić information content (AvgIpc) is 2.70. The number of urea groups is 1. The molecule has 0 aromatic carbocycles. The van der Waals surface area contributed by atoms with Crippen LogP contribution in [0.3, 0.4) is 0 Å². The zero-order chi connectivity index (χ0) is 15.4. The Kier molecular flexibility index (Phi) is 5.45. The number of carbonyl (C=O) groups is 2. The zero-order valence-electron chi connectivity index (χ0n) is 13.1. The van der Waals surface area contributed by atoms with Crippen LogP contribution in [-0.4, -0.2) is 76.6 Å². The van der Waals surface area contributed by atoms with E-state index in [9.17, 15) is 9.59 Å². The molecule has 2 amide bonds. The van der Waals surface area contributed by atoms with Gasteiger partial charge < -0.3 is 14.9 Å². The molecule has 2 unspecified atom stereocenters. The predicted octanol–water partition coefficient (Wildman–Crippen LogP) is 1.46. The Labute approximate surface area is 126 Å². The maximum absolute atomic E-state index is 12.6. The van der Waals surface area contributed by atoms with E-state index in [1.165, 1.54) is 12.8 Å². The van der Waals surface area contributed by atoms with Crippen molar-refractivity contribution in [3.63, 3.8) is 0 Å². The van der Waals surface area contributed by atoms with E-state index in [1.54, 1.807) is 6.92 Å². The number of hydrogen-bond donors (Lipinski definition) is 1. The molecule has 0 bridgehead atoms. The van der Waals surface area contributed by atoms with Crippen LogP contribution in [0.1, 0.15) is 39.5 Å². The summed E-state index contributed by atoms with van der Waals surface area (Å²) in [7, 11) is 0. The van der Waals surface area contributed by atoms with Gasteiger partial charge in [0, 0.05) is 38.8 Å². The van der Waals surface area contributed by atoms with Crippen LogP contribution < -0.4 is 0 Å². The summed E-state index contributed by atoms with van der Waals surface area (Å²) in [4.78, 5) is 29.5. The monoisotopic (exact) mass is 297 g/mol. The maximum Gasteiger partial charge on any atom is 0.320 e. The fraction of sp³-hybridized carbons (Fsp3) is 0.867. The normalized spacial score (nSPS) is 26.3. The number of hydrogen-bond acceptors (Lipinski definition) is 3. The van der Waals surface area contributed by atoms with Crippen LogP contribution in [0, 0.1) is 0 Å². The third kappa shape index (κ3) is 3.87. The summed E-state index contributed by atoms with van der Waals surface area (Å²) < 4.78 is 0. The van der Waals surface area contributed by atoms with Crippen LogP contribution in [0.4, 0.5) is 4.79 Å². The van der Waals surface area contributed by atoms with Crippen molar-refractivity contribution in [3.8, 4) is 0 Å². The second-order valence-electron chi connectivity index (χ2n) is 6.21. The highest BCUT2D eigenvalue weighted by atomic mass is 16.4. The molecule has 2 atom stereocenters. The molecule has 1 N–H and O–H groups in total. The van der Waals surface area contributed by atoms with Crippen molar-refractivity contribution >= 4 is 12.0 Å². The highest BCUT2D eigenvalue weighted by Crippen LogP contribution is 2.19. The SMILES string of the molecule is CC(C(=O)O)N1CCN(C(=O)N2CCCCCC2C)CC1. The van der Waals surface area contributed by atoms with Gasteiger partial charge in [0.1, 0.15) is 6.04 Å². The summed E-state index contributed by atoms with van der Waals surface area (Å²) in [6, 6.07) is -0.0256. The van der Waals surface area contributed by atoms with Crippen molar-refractivity contribution < 1.29 is 14.7 Å². The van der Waals surface area contributed by atoms with Crippen LogP contribution in [0.25, 0.3) is 0 Å². The molecule has 0 aliphatic carbocycles. The summed E-state index contributed by atoms with van der Waals surface area (Å²) in [5, 5.41) is 9.05. The number of carbonyl (C=O) groups excluding carboxylic acids is 1. The van der Waals surface area contributed by atoms with Crippen molar-refractivity contribution in [2.75, 3.05) is 32.7 Å². The standard InChI is InChI=1S/C15H27N3O3/c1-12-6-4-3-5-7-18(12)15(21)17-10-8-16(9-11-17)13(2)14(19)20/h12-13H,3-11H2,1-2H3,(H,19,20). The minimum atomic E-state index is -0.795. The van der Waals surface area contributed by atoms with Gasteiger partial charge in [0.2, 0.25) is 0 Å². The lowest BCUT2D eigenvalue weighted by Gasteiger charge is -2.40. The molecule has 2 aliphatic heterocycles. The van der Waals surface area contributed by atoms with Crippen LogP contribution in [0.2, 0.25) is 0 Å². The zero-order valence-corrected chi connectivity index (χ0v) is 13.1. The minimum Gasteiger partial charge on any atom is -0.480 e. The molecular formula is C15H27N3O3. The van der Waals surface area contributed by atoms with Crippen molar-refractivity contribution in [1.29, 1.82) is 0 Å². The van der Waals surface area contributed by atoms with E-state index in [4.69, 9.17) is 5.11 Å². The number of amides is 2. The number of rotatable bonds is 2. The van der Waals surface area contributed by atoms with E-state index in [1.807, 2.05) is 14.7 Å². The fourth-order valence-electron chi connectivity index (χ4n) is 3.20. The largest absolute Gasteiger partial charge is 0.480 e. The lowest BCUT2D eigenvalue weighted by atomic mass is 10.1. The van der Waals surface area contributed by atoms with E-state index < -0.39 is 12.0 Å². The molecule has 2 fully saturated rings. The molecule has 0 radical (unpaired) electrons. The van der Waals surface area contributed by atoms with E-state index in [2.05, 4.69) is 6.92 Å². The van der Waals surface area contributed by atoms with Crippen LogP contribution in [0.15, 0.2) is 0 Å². The molecule has 2 saturated heterocycles. The van der Waals surface area contributed by atoms with E-state index in [0.29, 0.717) is 32.2 Å². The van der Waals surface area contributed by atoms with E-state index in [-0.39, 0.29) is 6.03 Å². The van der Waals surface area contributed by atoms with Gasteiger partial charge in [-0.2, -0.15) is 0 Å². The van der Waals surface area contributed by atoms with Crippen molar-refractivity contribution in [3.05, 3.63) is 0 Å². The Hall–Kier alpha value is -1.30. The predicted molar refractivity (Wildman–Crippen MR) is 80.3 cm³/mol. The first-order chi connectivity index (χ1) is 10.0. The molecule has 0 spiro atoms. The van der Waals surface area contributed by atoms with Crippen molar-refractivity contribution in [2.45, 2.75) is 51.6 Å². The molecule has 120 valence electrons. The Morgan fingerprint density at radius 1 is 1.05 bits per heavy atom. The Bertz CT molecular complexity index is 380. The second-order valence-corrected chi connectivity index (χ2v) is 6.21. The van der Waals surface area contributed by atoms with Gasteiger partial charge in [-0.05, 0) is 26.7 Å². The third-order valence-corrected chi connectivity index (χ3v) is 4.79. The molecule has 6 heteroatoms. The summed E-state index contributed by atoms with van der Waals surface area (Å²) in [6.07, 6.45) is 4.58. The summed E-state index contributed by atoms with van der Waals surface area (Å²) >= 11 is 0. The maximum atomic E-state index is 12.6. The molecule has 2 rings (SSSR count). The Morgan fingerprint density at radius 3 is 2.33 bits per heavy atom. The number of carboxylic acid groups (broad SMARTS) is 1. The smallest absolute Gasteiger partial charge is 0.320 e. The Balaban J connectivity index is 1.89. The first kappa shape index (κ1) is 16.1. The first-order valence-corrected chi connectivity index (χ1v) is 8.03. The first-order valence-electron chi connectivity index (χ1n) is 8.03. The van der Waals surface area contributed by atoms with Crippen molar-refractivity contribution in [2.24, 2.45) is 0 Å². The molecule has 2 aliphatic rings. The molecule has 6 nitrogen and oxygen atoms in total. The topological polar surface area (TPSA) is 64.1 Å². The number of likely N-dealkylation sites (tertiary alicyclic amines) is 1. The van der Waals surface area contributed by atoms with Gasteiger partial charge in [-0.15, -0.1) is 0 Å². The molecule has 2 heterocycles. The van der Waals surface area contributed by atoms with Gasteiger partial charge in [-0.3, -0.25) is 9.69 Å².